The second-order valence-electron chi connectivity index (χ2n) is 7.65. The Bertz CT molecular complexity index is 532. The summed E-state index contributed by atoms with van der Waals surface area (Å²) in [5.74, 6) is -2.46. The van der Waals surface area contributed by atoms with Crippen molar-refractivity contribution in [1.82, 2.24) is 0 Å². The number of hydrogen-bond acceptors (Lipinski definition) is 8. The second-order valence-corrected chi connectivity index (χ2v) is 7.65. The van der Waals surface area contributed by atoms with Gasteiger partial charge in [0.2, 0.25) is 0 Å². The SMILES string of the molecule is CCCCCCOC(=O)CCCCOC(=O)CCCCCOC(=O)C(CC)C(=O)OCC. The van der Waals surface area contributed by atoms with Crippen LogP contribution in [0.5, 0.6) is 0 Å². The van der Waals surface area contributed by atoms with Gasteiger partial charge in [-0.15, -0.1) is 0 Å². The summed E-state index contributed by atoms with van der Waals surface area (Å²) in [6, 6.07) is 0. The van der Waals surface area contributed by atoms with E-state index in [9.17, 15) is 19.2 Å². The molecule has 0 aliphatic carbocycles. The fourth-order valence-electron chi connectivity index (χ4n) is 2.91. The van der Waals surface area contributed by atoms with Gasteiger partial charge in [0, 0.05) is 12.8 Å². The van der Waals surface area contributed by atoms with Gasteiger partial charge in [0.25, 0.3) is 0 Å². The minimum atomic E-state index is -0.877. The number of ether oxygens (including phenoxy) is 4. The van der Waals surface area contributed by atoms with E-state index in [0.29, 0.717) is 64.6 Å². The minimum absolute atomic E-state index is 0.193. The Labute approximate surface area is 192 Å². The lowest BCUT2D eigenvalue weighted by Crippen LogP contribution is -2.27. The molecule has 0 aromatic heterocycles. The zero-order valence-electron chi connectivity index (χ0n) is 20.2. The maximum Gasteiger partial charge on any atom is 0.320 e. The van der Waals surface area contributed by atoms with E-state index >= 15 is 0 Å². The highest BCUT2D eigenvalue weighted by atomic mass is 16.6. The third-order valence-corrected chi connectivity index (χ3v) is 4.83. The molecule has 0 radical (unpaired) electrons. The van der Waals surface area contributed by atoms with E-state index < -0.39 is 17.9 Å². The van der Waals surface area contributed by atoms with Gasteiger partial charge in [-0.3, -0.25) is 19.2 Å². The quantitative estimate of drug-likeness (QED) is 0.113. The fourth-order valence-corrected chi connectivity index (χ4v) is 2.91. The monoisotopic (exact) mass is 458 g/mol. The lowest BCUT2D eigenvalue weighted by atomic mass is 10.1. The topological polar surface area (TPSA) is 105 Å². The van der Waals surface area contributed by atoms with Crippen molar-refractivity contribution in [3.8, 4) is 0 Å². The molecule has 0 N–H and O–H groups in total. The van der Waals surface area contributed by atoms with Gasteiger partial charge in [-0.25, -0.2) is 0 Å². The molecule has 0 amide bonds. The normalized spacial score (nSPS) is 11.5. The fraction of sp³-hybridized carbons (Fsp3) is 0.833. The molecular formula is C24H42O8. The van der Waals surface area contributed by atoms with Crippen molar-refractivity contribution in [2.24, 2.45) is 5.92 Å². The highest BCUT2D eigenvalue weighted by Crippen LogP contribution is 2.10. The van der Waals surface area contributed by atoms with E-state index in [1.807, 2.05) is 0 Å². The zero-order chi connectivity index (χ0) is 24.0. The lowest BCUT2D eigenvalue weighted by Gasteiger charge is -2.12. The lowest BCUT2D eigenvalue weighted by molar-refractivity contribution is -0.162. The summed E-state index contributed by atoms with van der Waals surface area (Å²) in [5, 5.41) is 0. The average molecular weight is 459 g/mol. The molecule has 1 atom stereocenters. The third kappa shape index (κ3) is 16.6. The van der Waals surface area contributed by atoms with Crippen molar-refractivity contribution in [3.63, 3.8) is 0 Å². The van der Waals surface area contributed by atoms with Crippen LogP contribution in [0.15, 0.2) is 0 Å². The molecule has 0 bridgehead atoms. The van der Waals surface area contributed by atoms with Crippen LogP contribution in [0.4, 0.5) is 0 Å². The Morgan fingerprint density at radius 3 is 1.56 bits per heavy atom. The van der Waals surface area contributed by atoms with E-state index in [1.54, 1.807) is 13.8 Å². The Balaban J connectivity index is 3.61. The van der Waals surface area contributed by atoms with Crippen LogP contribution >= 0.6 is 0 Å². The first-order valence-electron chi connectivity index (χ1n) is 12.1. The molecular weight excluding hydrogens is 416 g/mol. The van der Waals surface area contributed by atoms with Gasteiger partial charge in [0.1, 0.15) is 0 Å². The first-order valence-corrected chi connectivity index (χ1v) is 12.1. The number of carbonyl (C=O) groups is 4. The Morgan fingerprint density at radius 1 is 0.562 bits per heavy atom. The Morgan fingerprint density at radius 2 is 1.03 bits per heavy atom. The van der Waals surface area contributed by atoms with Gasteiger partial charge in [-0.05, 0) is 51.9 Å². The molecule has 0 saturated heterocycles. The van der Waals surface area contributed by atoms with Crippen LogP contribution in [0, 0.1) is 5.92 Å². The maximum absolute atomic E-state index is 11.9. The largest absolute Gasteiger partial charge is 0.466 e. The number of esters is 4. The summed E-state index contributed by atoms with van der Waals surface area (Å²) in [5.41, 5.74) is 0. The zero-order valence-corrected chi connectivity index (χ0v) is 20.2. The molecule has 0 aromatic rings. The molecule has 0 spiro atoms. The summed E-state index contributed by atoms with van der Waals surface area (Å²) in [4.78, 5) is 46.9. The molecule has 0 aliphatic heterocycles. The molecule has 8 heteroatoms. The summed E-state index contributed by atoms with van der Waals surface area (Å²) in [6.45, 7) is 6.77. The molecule has 0 aliphatic rings. The summed E-state index contributed by atoms with van der Waals surface area (Å²) < 4.78 is 20.3. The number of carbonyl (C=O) groups excluding carboxylic acids is 4. The summed E-state index contributed by atoms with van der Waals surface area (Å²) in [6.07, 6.45) is 8.51. The van der Waals surface area contributed by atoms with E-state index in [-0.39, 0.29) is 25.2 Å². The van der Waals surface area contributed by atoms with Crippen molar-refractivity contribution >= 4 is 23.9 Å². The van der Waals surface area contributed by atoms with Gasteiger partial charge in [0.15, 0.2) is 5.92 Å². The Hall–Kier alpha value is -2.12. The molecule has 0 heterocycles. The van der Waals surface area contributed by atoms with Crippen LogP contribution < -0.4 is 0 Å². The summed E-state index contributed by atoms with van der Waals surface area (Å²) >= 11 is 0. The molecule has 1 unspecified atom stereocenters. The van der Waals surface area contributed by atoms with Crippen LogP contribution in [0.1, 0.15) is 97.8 Å². The smallest absolute Gasteiger partial charge is 0.320 e. The summed E-state index contributed by atoms with van der Waals surface area (Å²) in [7, 11) is 0. The van der Waals surface area contributed by atoms with Crippen LogP contribution in [-0.2, 0) is 38.1 Å². The molecule has 0 fully saturated rings. The Kier molecular flexibility index (Phi) is 19.4. The van der Waals surface area contributed by atoms with Crippen molar-refractivity contribution in [1.29, 1.82) is 0 Å². The standard InChI is InChI=1S/C24H42O8/c1-4-7-8-12-17-30-22(26)16-11-14-18-31-21(25)15-10-9-13-19-32-24(28)20(5-2)23(27)29-6-3/h20H,4-19H2,1-3H3. The molecule has 0 aromatic carbocycles. The minimum Gasteiger partial charge on any atom is -0.466 e. The first-order chi connectivity index (χ1) is 15.5. The third-order valence-electron chi connectivity index (χ3n) is 4.83. The van der Waals surface area contributed by atoms with Gasteiger partial charge < -0.3 is 18.9 Å². The van der Waals surface area contributed by atoms with Gasteiger partial charge in [-0.1, -0.05) is 33.1 Å². The maximum atomic E-state index is 11.9. The second kappa shape index (κ2) is 20.8. The van der Waals surface area contributed by atoms with E-state index in [2.05, 4.69) is 6.92 Å². The van der Waals surface area contributed by atoms with E-state index in [1.165, 1.54) is 0 Å². The average Bonchev–Trinajstić information content (AvgIpc) is 2.76. The number of hydrogen-bond donors (Lipinski definition) is 0. The van der Waals surface area contributed by atoms with Crippen molar-refractivity contribution in [3.05, 3.63) is 0 Å². The predicted octanol–water partition coefficient (Wildman–Crippen LogP) is 4.52. The molecule has 8 nitrogen and oxygen atoms in total. The molecule has 32 heavy (non-hydrogen) atoms. The van der Waals surface area contributed by atoms with E-state index in [0.717, 1.165) is 25.7 Å². The molecule has 0 saturated carbocycles. The molecule has 0 rings (SSSR count). The molecule has 186 valence electrons. The number of rotatable bonds is 20. The highest BCUT2D eigenvalue weighted by Gasteiger charge is 2.27. The van der Waals surface area contributed by atoms with Crippen LogP contribution in [0.2, 0.25) is 0 Å². The van der Waals surface area contributed by atoms with Gasteiger partial charge in [-0.2, -0.15) is 0 Å². The van der Waals surface area contributed by atoms with Crippen molar-refractivity contribution < 1.29 is 38.1 Å². The van der Waals surface area contributed by atoms with Crippen LogP contribution in [-0.4, -0.2) is 50.3 Å². The van der Waals surface area contributed by atoms with Crippen molar-refractivity contribution in [2.75, 3.05) is 26.4 Å². The first kappa shape index (κ1) is 29.9. The van der Waals surface area contributed by atoms with Gasteiger partial charge in [0.05, 0.1) is 26.4 Å². The van der Waals surface area contributed by atoms with Crippen molar-refractivity contribution in [2.45, 2.75) is 97.8 Å². The van der Waals surface area contributed by atoms with Gasteiger partial charge >= 0.3 is 23.9 Å². The van der Waals surface area contributed by atoms with E-state index in [4.69, 9.17) is 18.9 Å². The van der Waals surface area contributed by atoms with Crippen LogP contribution in [0.3, 0.4) is 0 Å². The highest BCUT2D eigenvalue weighted by molar-refractivity contribution is 5.94. The number of unbranched alkanes of at least 4 members (excludes halogenated alkanes) is 6. The predicted molar refractivity (Wildman–Crippen MR) is 120 cm³/mol. The van der Waals surface area contributed by atoms with Crippen LogP contribution in [0.25, 0.3) is 0 Å².